The second-order valence-corrected chi connectivity index (χ2v) is 11.6. The van der Waals surface area contributed by atoms with Crippen molar-refractivity contribution in [3.05, 3.63) is 33.3 Å². The molecule has 0 spiro atoms. The molecule has 0 saturated carbocycles. The summed E-state index contributed by atoms with van der Waals surface area (Å²) < 4.78 is 6.00. The van der Waals surface area contributed by atoms with Crippen molar-refractivity contribution in [2.45, 2.75) is 99.7 Å². The van der Waals surface area contributed by atoms with Crippen LogP contribution >= 0.6 is 11.3 Å². The third-order valence-corrected chi connectivity index (χ3v) is 8.69. The average molecular weight is 476 g/mol. The highest BCUT2D eigenvalue weighted by atomic mass is 32.1. The molecule has 0 radical (unpaired) electrons. The molecule has 0 aromatic carbocycles. The minimum atomic E-state index is -0.426. The smallest absolute Gasteiger partial charge is 0.306 e. The van der Waals surface area contributed by atoms with Gasteiger partial charge in [-0.15, -0.1) is 11.3 Å². The fraction of sp³-hybridized carbons (Fsp3) is 0.714. The number of aryl methyl sites for hydroxylation is 1. The summed E-state index contributed by atoms with van der Waals surface area (Å²) in [6, 6.07) is 0. The second kappa shape index (κ2) is 12.9. The Bertz CT molecular complexity index is 827. The minimum absolute atomic E-state index is 0.0327. The molecule has 1 aliphatic heterocycles. The first kappa shape index (κ1) is 27.8. The van der Waals surface area contributed by atoms with Gasteiger partial charge in [0.2, 0.25) is 0 Å². The monoisotopic (exact) mass is 475 g/mol. The number of rotatable bonds is 2. The van der Waals surface area contributed by atoms with Crippen molar-refractivity contribution in [1.29, 1.82) is 0 Å². The molecule has 186 valence electrons. The topological polar surface area (TPSA) is 59.4 Å². The van der Waals surface area contributed by atoms with Crippen LogP contribution < -0.4 is 0 Å². The molecule has 0 saturated heterocycles. The van der Waals surface area contributed by atoms with Crippen LogP contribution in [-0.2, 0) is 9.53 Å². The molecular formula is C28H45NO3S. The van der Waals surface area contributed by atoms with Gasteiger partial charge in [-0.2, -0.15) is 0 Å². The van der Waals surface area contributed by atoms with Gasteiger partial charge in [-0.3, -0.25) is 4.79 Å². The predicted octanol–water partition coefficient (Wildman–Crippen LogP) is 7.22. The fourth-order valence-corrected chi connectivity index (χ4v) is 5.35. The number of carbonyl (C=O) groups is 1. The summed E-state index contributed by atoms with van der Waals surface area (Å²) in [6.45, 7) is 17.0. The maximum atomic E-state index is 12.9. The molecule has 1 aromatic rings. The Morgan fingerprint density at radius 3 is 2.45 bits per heavy atom. The number of hydrogen-bond acceptors (Lipinski definition) is 5. The molecule has 5 heteroatoms. The summed E-state index contributed by atoms with van der Waals surface area (Å²) in [5, 5.41) is 14.1. The standard InChI is InChI=1S/C28H45NO3S/c1-17-10-9-11-18(2)21(5)23(7)28(31)22(6)19(3)15-27(30)32-26(13-12-17)20(4)14-25-16-33-24(8)29-25/h12,14,16,18-19,21-23,26,28,31H,9-11,13,15H2,1-8H3/b17-12-,20-14+/t18-,19-,21-,22+,23+,26-,28-/m0/s1. The number of allylic oxidation sites excluding steroid dienone is 1. The van der Waals surface area contributed by atoms with Crippen LogP contribution in [0.4, 0.5) is 0 Å². The third-order valence-electron chi connectivity index (χ3n) is 7.90. The van der Waals surface area contributed by atoms with Crippen LogP contribution in [0.5, 0.6) is 0 Å². The SMILES string of the molecule is C/C1=C/C[C@@H](/C(C)=C/c2csc(C)n2)OC(=O)C[C@H](C)[C@@H](C)[C@H](O)[C@H](C)[C@@H](C)[C@@H](C)CCC1. The Kier molecular flexibility index (Phi) is 10.8. The van der Waals surface area contributed by atoms with E-state index in [4.69, 9.17) is 4.74 Å². The molecule has 0 amide bonds. The maximum absolute atomic E-state index is 12.9. The molecule has 33 heavy (non-hydrogen) atoms. The Hall–Kier alpha value is -1.46. The van der Waals surface area contributed by atoms with Crippen LogP contribution in [0, 0.1) is 36.5 Å². The number of aromatic nitrogens is 1. The number of nitrogens with zero attached hydrogens (tertiary/aromatic N) is 1. The molecule has 0 aliphatic carbocycles. The van der Waals surface area contributed by atoms with E-state index in [9.17, 15) is 9.90 Å². The number of cyclic esters (lactones) is 1. The first-order valence-corrected chi connectivity index (χ1v) is 13.5. The molecule has 0 unspecified atom stereocenters. The van der Waals surface area contributed by atoms with Gasteiger partial charge in [-0.1, -0.05) is 52.7 Å². The second-order valence-electron chi connectivity index (χ2n) is 10.6. The molecular weight excluding hydrogens is 430 g/mol. The van der Waals surface area contributed by atoms with E-state index in [0.717, 1.165) is 35.5 Å². The van der Waals surface area contributed by atoms with Crippen LogP contribution in [0.2, 0.25) is 0 Å². The van der Waals surface area contributed by atoms with Crippen molar-refractivity contribution in [2.75, 3.05) is 0 Å². The van der Waals surface area contributed by atoms with Crippen molar-refractivity contribution in [3.63, 3.8) is 0 Å². The number of thiazole rings is 1. The summed E-state index contributed by atoms with van der Waals surface area (Å²) in [5.74, 6) is 1.07. The Morgan fingerprint density at radius 1 is 1.12 bits per heavy atom. The first-order chi connectivity index (χ1) is 15.5. The van der Waals surface area contributed by atoms with Crippen molar-refractivity contribution in [1.82, 2.24) is 4.98 Å². The van der Waals surface area contributed by atoms with Crippen LogP contribution in [-0.4, -0.2) is 28.3 Å². The largest absolute Gasteiger partial charge is 0.457 e. The predicted molar refractivity (Wildman–Crippen MR) is 139 cm³/mol. The number of ether oxygens (including phenoxy) is 1. The van der Waals surface area contributed by atoms with E-state index in [1.54, 1.807) is 11.3 Å². The van der Waals surface area contributed by atoms with Gasteiger partial charge in [-0.25, -0.2) is 4.98 Å². The summed E-state index contributed by atoms with van der Waals surface area (Å²) in [7, 11) is 0. The zero-order valence-electron chi connectivity index (χ0n) is 21.9. The zero-order chi connectivity index (χ0) is 24.7. The van der Waals surface area contributed by atoms with E-state index >= 15 is 0 Å². The van der Waals surface area contributed by atoms with E-state index in [2.05, 4.69) is 52.6 Å². The van der Waals surface area contributed by atoms with Crippen LogP contribution in [0.3, 0.4) is 0 Å². The summed E-state index contributed by atoms with van der Waals surface area (Å²) >= 11 is 1.62. The lowest BCUT2D eigenvalue weighted by molar-refractivity contribution is -0.149. The number of carbonyl (C=O) groups excluding carboxylic acids is 1. The van der Waals surface area contributed by atoms with E-state index in [1.807, 2.05) is 25.3 Å². The highest BCUT2D eigenvalue weighted by Crippen LogP contribution is 2.33. The van der Waals surface area contributed by atoms with Crippen molar-refractivity contribution < 1.29 is 14.6 Å². The normalized spacial score (nSPS) is 35.5. The Balaban J connectivity index is 2.26. The van der Waals surface area contributed by atoms with Crippen molar-refractivity contribution in [2.24, 2.45) is 29.6 Å². The number of esters is 1. The van der Waals surface area contributed by atoms with Crippen LogP contribution in [0.15, 0.2) is 22.6 Å². The summed E-state index contributed by atoms with van der Waals surface area (Å²) in [6.07, 6.45) is 7.89. The molecule has 1 aliphatic rings. The number of aliphatic hydroxyl groups excluding tert-OH is 1. The average Bonchev–Trinajstić information content (AvgIpc) is 3.17. The van der Waals surface area contributed by atoms with Gasteiger partial charge >= 0.3 is 5.97 Å². The highest BCUT2D eigenvalue weighted by molar-refractivity contribution is 7.09. The minimum Gasteiger partial charge on any atom is -0.457 e. The van der Waals surface area contributed by atoms with E-state index < -0.39 is 6.10 Å². The molecule has 0 fully saturated rings. The molecule has 1 aromatic heterocycles. The van der Waals surface area contributed by atoms with Crippen molar-refractivity contribution >= 4 is 23.4 Å². The lowest BCUT2D eigenvalue weighted by atomic mass is 9.74. The van der Waals surface area contributed by atoms with Gasteiger partial charge in [0, 0.05) is 18.2 Å². The fourth-order valence-electron chi connectivity index (χ4n) is 4.78. The quantitative estimate of drug-likeness (QED) is 0.362. The van der Waals surface area contributed by atoms with Gasteiger partial charge < -0.3 is 9.84 Å². The van der Waals surface area contributed by atoms with Gasteiger partial charge in [0.15, 0.2) is 0 Å². The number of aliphatic hydroxyl groups is 1. The molecule has 4 nitrogen and oxygen atoms in total. The van der Waals surface area contributed by atoms with Crippen molar-refractivity contribution in [3.8, 4) is 0 Å². The Morgan fingerprint density at radius 2 is 1.82 bits per heavy atom. The van der Waals surface area contributed by atoms with Gasteiger partial charge in [-0.05, 0) is 74.9 Å². The van der Waals surface area contributed by atoms with Gasteiger partial charge in [0.1, 0.15) is 6.10 Å². The molecule has 7 atom stereocenters. The molecule has 2 rings (SSSR count). The first-order valence-electron chi connectivity index (χ1n) is 12.6. The maximum Gasteiger partial charge on any atom is 0.306 e. The van der Waals surface area contributed by atoms with E-state index in [1.165, 1.54) is 5.57 Å². The van der Waals surface area contributed by atoms with Gasteiger partial charge in [0.25, 0.3) is 0 Å². The Labute approximate surface area is 205 Å². The lowest BCUT2D eigenvalue weighted by Crippen LogP contribution is -2.36. The summed E-state index contributed by atoms with van der Waals surface area (Å²) in [4.78, 5) is 17.5. The summed E-state index contributed by atoms with van der Waals surface area (Å²) in [5.41, 5.74) is 3.27. The highest BCUT2D eigenvalue weighted by Gasteiger charge is 2.32. The molecule has 2 heterocycles. The third kappa shape index (κ3) is 8.36. The van der Waals surface area contributed by atoms with Gasteiger partial charge in [0.05, 0.1) is 16.8 Å². The van der Waals surface area contributed by atoms with E-state index in [0.29, 0.717) is 24.7 Å². The molecule has 0 bridgehead atoms. The van der Waals surface area contributed by atoms with E-state index in [-0.39, 0.29) is 29.8 Å². The number of hydrogen-bond donors (Lipinski definition) is 1. The zero-order valence-corrected chi connectivity index (χ0v) is 22.7. The lowest BCUT2D eigenvalue weighted by Gasteiger charge is -2.35. The van der Waals surface area contributed by atoms with Crippen LogP contribution in [0.25, 0.3) is 6.08 Å². The van der Waals surface area contributed by atoms with Crippen LogP contribution in [0.1, 0.15) is 91.3 Å². The molecule has 1 N–H and O–H groups in total.